The van der Waals surface area contributed by atoms with Gasteiger partial charge < -0.3 is 14.8 Å². The van der Waals surface area contributed by atoms with Gasteiger partial charge in [0.25, 0.3) is 5.91 Å². The van der Waals surface area contributed by atoms with Crippen LogP contribution in [0.4, 0.5) is 5.69 Å². The highest BCUT2D eigenvalue weighted by Crippen LogP contribution is 2.15. The lowest BCUT2D eigenvalue weighted by Gasteiger charge is -2.09. The van der Waals surface area contributed by atoms with Crippen LogP contribution in [0.5, 0.6) is 0 Å². The monoisotopic (exact) mass is 317 g/mol. The van der Waals surface area contributed by atoms with Crippen molar-refractivity contribution in [3.05, 3.63) is 47.8 Å². The number of nitrogens with one attached hydrogen (secondary N) is 1. The number of para-hydroxylation sites is 1. The molecule has 0 aliphatic rings. The Balaban J connectivity index is 1.95. The van der Waals surface area contributed by atoms with Gasteiger partial charge in [-0.15, -0.1) is 0 Å². The van der Waals surface area contributed by atoms with Crippen molar-refractivity contribution in [1.82, 2.24) is 9.78 Å². The average Bonchev–Trinajstić information content (AvgIpc) is 2.99. The lowest BCUT2D eigenvalue weighted by molar-refractivity contribution is -0.119. The number of anilines is 1. The Hall–Kier alpha value is -3.16. The van der Waals surface area contributed by atoms with Crippen LogP contribution in [0.1, 0.15) is 20.7 Å². The van der Waals surface area contributed by atoms with Crippen LogP contribution in [-0.2, 0) is 21.3 Å². The number of carbonyl (C=O) groups is 3. The zero-order valence-corrected chi connectivity index (χ0v) is 12.6. The van der Waals surface area contributed by atoms with Crippen molar-refractivity contribution in [2.75, 3.05) is 19.0 Å². The van der Waals surface area contributed by atoms with Gasteiger partial charge >= 0.3 is 11.9 Å². The summed E-state index contributed by atoms with van der Waals surface area (Å²) in [6.45, 7) is -0.483. The summed E-state index contributed by atoms with van der Waals surface area (Å²) in [4.78, 5) is 35.2. The molecular weight excluding hydrogens is 302 g/mol. The summed E-state index contributed by atoms with van der Waals surface area (Å²) in [5.74, 6) is -1.80. The Morgan fingerprint density at radius 3 is 2.61 bits per heavy atom. The molecule has 1 aromatic heterocycles. The fourth-order valence-corrected chi connectivity index (χ4v) is 1.81. The van der Waals surface area contributed by atoms with Crippen LogP contribution < -0.4 is 5.32 Å². The summed E-state index contributed by atoms with van der Waals surface area (Å²) >= 11 is 0. The number of ether oxygens (including phenoxy) is 2. The van der Waals surface area contributed by atoms with Crippen molar-refractivity contribution in [3.8, 4) is 0 Å². The summed E-state index contributed by atoms with van der Waals surface area (Å²) in [6.07, 6.45) is 2.82. The van der Waals surface area contributed by atoms with Crippen LogP contribution in [0.3, 0.4) is 0 Å². The minimum atomic E-state index is -0.658. The molecule has 120 valence electrons. The van der Waals surface area contributed by atoms with Gasteiger partial charge in [0.05, 0.1) is 30.1 Å². The van der Waals surface area contributed by atoms with Gasteiger partial charge in [0.15, 0.2) is 6.61 Å². The van der Waals surface area contributed by atoms with E-state index in [-0.39, 0.29) is 16.8 Å². The zero-order valence-electron chi connectivity index (χ0n) is 12.6. The minimum absolute atomic E-state index is 0.210. The molecule has 1 N–H and O–H groups in total. The van der Waals surface area contributed by atoms with Gasteiger partial charge in [-0.25, -0.2) is 9.59 Å². The zero-order chi connectivity index (χ0) is 16.8. The number of aryl methyl sites for hydroxylation is 1. The Bertz CT molecular complexity index is 738. The van der Waals surface area contributed by atoms with Crippen molar-refractivity contribution in [2.45, 2.75) is 0 Å². The first-order chi connectivity index (χ1) is 11.0. The third kappa shape index (κ3) is 4.16. The van der Waals surface area contributed by atoms with Crippen molar-refractivity contribution < 1.29 is 23.9 Å². The van der Waals surface area contributed by atoms with E-state index in [1.807, 2.05) is 0 Å². The fraction of sp³-hybridized carbons (Fsp3) is 0.200. The van der Waals surface area contributed by atoms with Crippen LogP contribution in [0.25, 0.3) is 0 Å². The number of methoxy groups -OCH3 is 1. The quantitative estimate of drug-likeness (QED) is 0.826. The van der Waals surface area contributed by atoms with Gasteiger partial charge in [-0.2, -0.15) is 5.10 Å². The first-order valence-electron chi connectivity index (χ1n) is 6.64. The Kier molecular flexibility index (Phi) is 5.08. The van der Waals surface area contributed by atoms with E-state index in [0.717, 1.165) is 0 Å². The number of nitrogens with zero attached hydrogens (tertiary/aromatic N) is 2. The molecule has 0 bridgehead atoms. The van der Waals surface area contributed by atoms with E-state index in [1.54, 1.807) is 25.2 Å². The summed E-state index contributed by atoms with van der Waals surface area (Å²) in [7, 11) is 2.91. The molecule has 8 nitrogen and oxygen atoms in total. The van der Waals surface area contributed by atoms with Gasteiger partial charge in [-0.1, -0.05) is 12.1 Å². The van der Waals surface area contributed by atoms with E-state index >= 15 is 0 Å². The van der Waals surface area contributed by atoms with Crippen molar-refractivity contribution in [3.63, 3.8) is 0 Å². The number of hydrogen-bond donors (Lipinski definition) is 1. The fourth-order valence-electron chi connectivity index (χ4n) is 1.81. The molecule has 0 aliphatic carbocycles. The van der Waals surface area contributed by atoms with Gasteiger partial charge in [-0.05, 0) is 12.1 Å². The molecule has 2 rings (SSSR count). The van der Waals surface area contributed by atoms with E-state index in [1.165, 1.54) is 30.3 Å². The number of carbonyl (C=O) groups excluding carboxylic acids is 3. The number of benzene rings is 1. The molecule has 0 saturated heterocycles. The van der Waals surface area contributed by atoms with Crippen molar-refractivity contribution >= 4 is 23.5 Å². The van der Waals surface area contributed by atoms with E-state index < -0.39 is 24.5 Å². The maximum absolute atomic E-state index is 11.9. The van der Waals surface area contributed by atoms with Crippen molar-refractivity contribution in [2.24, 2.45) is 7.05 Å². The molecule has 0 radical (unpaired) electrons. The van der Waals surface area contributed by atoms with E-state index in [0.29, 0.717) is 0 Å². The summed E-state index contributed by atoms with van der Waals surface area (Å²) < 4.78 is 11.0. The molecule has 1 heterocycles. The molecule has 8 heteroatoms. The molecule has 1 amide bonds. The number of aromatic nitrogens is 2. The molecule has 0 unspecified atom stereocenters. The lowest BCUT2D eigenvalue weighted by atomic mass is 10.2. The van der Waals surface area contributed by atoms with E-state index in [2.05, 4.69) is 15.2 Å². The SMILES string of the molecule is COC(=O)c1ccccc1NC(=O)COC(=O)c1cnn(C)c1. The summed E-state index contributed by atoms with van der Waals surface area (Å²) in [5, 5.41) is 6.34. The summed E-state index contributed by atoms with van der Waals surface area (Å²) in [6, 6.07) is 6.37. The first-order valence-corrected chi connectivity index (χ1v) is 6.64. The Labute approximate surface area is 132 Å². The molecule has 0 atom stereocenters. The minimum Gasteiger partial charge on any atom is -0.465 e. The number of rotatable bonds is 5. The highest BCUT2D eigenvalue weighted by atomic mass is 16.5. The van der Waals surface area contributed by atoms with Gasteiger partial charge in [0.2, 0.25) is 0 Å². The number of amides is 1. The van der Waals surface area contributed by atoms with Crippen LogP contribution in [0, 0.1) is 0 Å². The van der Waals surface area contributed by atoms with Gasteiger partial charge in [0, 0.05) is 13.2 Å². The van der Waals surface area contributed by atoms with Gasteiger partial charge in [0.1, 0.15) is 0 Å². The predicted molar refractivity (Wildman–Crippen MR) is 79.9 cm³/mol. The molecule has 1 aromatic carbocycles. The number of hydrogen-bond acceptors (Lipinski definition) is 6. The molecule has 0 aliphatic heterocycles. The highest BCUT2D eigenvalue weighted by Gasteiger charge is 2.15. The maximum atomic E-state index is 11.9. The Morgan fingerprint density at radius 1 is 1.22 bits per heavy atom. The molecule has 2 aromatic rings. The normalized spacial score (nSPS) is 10.0. The standard InChI is InChI=1S/C15H15N3O5/c1-18-8-10(7-16-18)14(20)23-9-13(19)17-12-6-4-3-5-11(12)15(21)22-2/h3-8H,9H2,1-2H3,(H,17,19). The highest BCUT2D eigenvalue weighted by molar-refractivity contribution is 6.02. The van der Waals surface area contributed by atoms with Crippen molar-refractivity contribution in [1.29, 1.82) is 0 Å². The molecule has 0 saturated carbocycles. The van der Waals surface area contributed by atoms with Crippen LogP contribution in [0.2, 0.25) is 0 Å². The molecule has 0 spiro atoms. The second-order valence-corrected chi connectivity index (χ2v) is 4.56. The molecule has 23 heavy (non-hydrogen) atoms. The third-order valence-electron chi connectivity index (χ3n) is 2.88. The first kappa shape index (κ1) is 16.2. The van der Waals surface area contributed by atoms with E-state index in [4.69, 9.17) is 4.74 Å². The molecule has 0 fully saturated rings. The largest absolute Gasteiger partial charge is 0.465 e. The Morgan fingerprint density at radius 2 is 1.96 bits per heavy atom. The maximum Gasteiger partial charge on any atom is 0.341 e. The third-order valence-corrected chi connectivity index (χ3v) is 2.88. The van der Waals surface area contributed by atoms with Crippen LogP contribution >= 0.6 is 0 Å². The van der Waals surface area contributed by atoms with Crippen LogP contribution in [-0.4, -0.2) is 41.3 Å². The van der Waals surface area contributed by atoms with Crippen LogP contribution in [0.15, 0.2) is 36.7 Å². The smallest absolute Gasteiger partial charge is 0.341 e. The van der Waals surface area contributed by atoms with E-state index in [9.17, 15) is 14.4 Å². The predicted octanol–water partition coefficient (Wildman–Crippen LogP) is 1.00. The average molecular weight is 317 g/mol. The lowest BCUT2D eigenvalue weighted by Crippen LogP contribution is -2.22. The topological polar surface area (TPSA) is 99.5 Å². The second-order valence-electron chi connectivity index (χ2n) is 4.56. The second kappa shape index (κ2) is 7.21. The van der Waals surface area contributed by atoms with Gasteiger partial charge in [-0.3, -0.25) is 9.48 Å². The summed E-state index contributed by atoms with van der Waals surface area (Å²) in [5.41, 5.74) is 0.735. The molecular formula is C15H15N3O5. The number of esters is 2.